The number of fused-ring (bicyclic) bond motifs is 2. The number of ether oxygens (including phenoxy) is 1. The number of anilines is 2. The number of aromatic nitrogens is 3. The van der Waals surface area contributed by atoms with Crippen molar-refractivity contribution in [3.05, 3.63) is 113 Å². The van der Waals surface area contributed by atoms with Crippen molar-refractivity contribution in [2.45, 2.75) is 33.1 Å². The number of nitrogens with one attached hydrogen (secondary N) is 2. The predicted octanol–water partition coefficient (Wildman–Crippen LogP) is 5.76. The number of amides is 3. The first kappa shape index (κ1) is 27.5. The maximum atomic E-state index is 13.4. The fourth-order valence-electron chi connectivity index (χ4n) is 4.62. The average molecular weight is 572 g/mol. The van der Waals surface area contributed by atoms with E-state index in [0.29, 0.717) is 28.4 Å². The van der Waals surface area contributed by atoms with Crippen molar-refractivity contribution >= 4 is 34.2 Å². The summed E-state index contributed by atoms with van der Waals surface area (Å²) in [6.07, 6.45) is 1.50. The Hall–Kier alpha value is -5.64. The molecule has 3 aromatic carbocycles. The molecule has 0 radical (unpaired) electrons. The number of pyridine rings is 1. The molecule has 0 aliphatic carbocycles. The average Bonchev–Trinajstić information content (AvgIpc) is 3.40. The number of hydrogen-bond acceptors (Lipinski definition) is 6. The normalized spacial score (nSPS) is 12.7. The number of urea groups is 1. The zero-order valence-corrected chi connectivity index (χ0v) is 24.2. The van der Waals surface area contributed by atoms with E-state index in [1.807, 2.05) is 61.5 Å². The van der Waals surface area contributed by atoms with Crippen molar-refractivity contribution in [1.82, 2.24) is 14.8 Å². The van der Waals surface area contributed by atoms with Gasteiger partial charge in [-0.05, 0) is 31.2 Å². The van der Waals surface area contributed by atoms with Gasteiger partial charge in [0.15, 0.2) is 16.6 Å². The van der Waals surface area contributed by atoms with Crippen LogP contribution in [0.25, 0.3) is 16.5 Å². The summed E-state index contributed by atoms with van der Waals surface area (Å²) >= 11 is 0. The van der Waals surface area contributed by atoms with E-state index >= 15 is 0 Å². The summed E-state index contributed by atoms with van der Waals surface area (Å²) in [6, 6.07) is 22.2. The highest BCUT2D eigenvalue weighted by Crippen LogP contribution is 2.34. The van der Waals surface area contributed by atoms with Crippen LogP contribution in [-0.4, -0.2) is 26.7 Å². The van der Waals surface area contributed by atoms with Crippen LogP contribution < -0.4 is 26.2 Å². The smallest absolute Gasteiger partial charge is 0.324 e. The molecule has 3 amide bonds. The fourth-order valence-corrected chi connectivity index (χ4v) is 4.62. The van der Waals surface area contributed by atoms with Crippen LogP contribution in [0.4, 0.5) is 16.3 Å². The van der Waals surface area contributed by atoms with Crippen molar-refractivity contribution in [3.8, 4) is 17.2 Å². The SMILES string of the molecule is C=C1N=c2c(Oc3ccc(NC(=O)Nc4cc(C(C)(C)C)nn4-c4ccc(C)cc4)c4ccccc34)ccnc2=NC1=O. The van der Waals surface area contributed by atoms with Gasteiger partial charge in [0.2, 0.25) is 0 Å². The van der Waals surface area contributed by atoms with E-state index in [1.165, 1.54) is 6.20 Å². The number of nitrogens with zero attached hydrogens (tertiary/aromatic N) is 5. The van der Waals surface area contributed by atoms with Crippen molar-refractivity contribution < 1.29 is 14.3 Å². The molecule has 0 saturated carbocycles. The van der Waals surface area contributed by atoms with Crippen LogP contribution in [0.1, 0.15) is 32.0 Å². The van der Waals surface area contributed by atoms with Crippen LogP contribution in [-0.2, 0) is 10.2 Å². The van der Waals surface area contributed by atoms with E-state index in [-0.39, 0.29) is 16.6 Å². The van der Waals surface area contributed by atoms with Gasteiger partial charge in [0, 0.05) is 34.5 Å². The summed E-state index contributed by atoms with van der Waals surface area (Å²) in [5.74, 6) is 0.921. The quantitative estimate of drug-likeness (QED) is 0.260. The van der Waals surface area contributed by atoms with Crippen LogP contribution in [0, 0.1) is 6.92 Å². The second-order valence-corrected chi connectivity index (χ2v) is 11.2. The number of aryl methyl sites for hydroxylation is 1. The molecule has 1 aliphatic rings. The largest absolute Gasteiger partial charge is 0.454 e. The number of carbonyl (C=O) groups is 2. The topological polar surface area (TPSA) is 123 Å². The molecular weight excluding hydrogens is 542 g/mol. The monoisotopic (exact) mass is 571 g/mol. The summed E-state index contributed by atoms with van der Waals surface area (Å²) in [6.45, 7) is 11.9. The van der Waals surface area contributed by atoms with E-state index in [1.54, 1.807) is 22.9 Å². The molecule has 1 aliphatic heterocycles. The second kappa shape index (κ2) is 10.6. The Labute approximate surface area is 247 Å². The van der Waals surface area contributed by atoms with Crippen molar-refractivity contribution in [1.29, 1.82) is 0 Å². The minimum atomic E-state index is -0.534. The maximum Gasteiger partial charge on any atom is 0.324 e. The van der Waals surface area contributed by atoms with Crippen LogP contribution in [0.5, 0.6) is 11.5 Å². The first-order chi connectivity index (χ1) is 20.6. The van der Waals surface area contributed by atoms with Gasteiger partial charge < -0.3 is 10.1 Å². The van der Waals surface area contributed by atoms with Crippen LogP contribution in [0.2, 0.25) is 0 Å². The molecule has 0 unspecified atom stereocenters. The van der Waals surface area contributed by atoms with Crippen molar-refractivity contribution in [2.24, 2.45) is 9.98 Å². The zero-order valence-electron chi connectivity index (χ0n) is 24.2. The number of benzene rings is 3. The molecule has 2 aromatic heterocycles. The summed E-state index contributed by atoms with van der Waals surface area (Å²) in [7, 11) is 0. The van der Waals surface area contributed by atoms with Gasteiger partial charge in [0.25, 0.3) is 5.91 Å². The molecular formula is C33H29N7O3. The lowest BCUT2D eigenvalue weighted by Crippen LogP contribution is -2.34. The highest BCUT2D eigenvalue weighted by atomic mass is 16.5. The van der Waals surface area contributed by atoms with Gasteiger partial charge in [-0.2, -0.15) is 10.1 Å². The lowest BCUT2D eigenvalue weighted by molar-refractivity contribution is -0.114. The molecule has 10 heteroatoms. The number of rotatable bonds is 5. The van der Waals surface area contributed by atoms with E-state index in [0.717, 1.165) is 27.7 Å². The summed E-state index contributed by atoms with van der Waals surface area (Å²) < 4.78 is 7.99. The first-order valence-electron chi connectivity index (χ1n) is 13.7. The third-order valence-corrected chi connectivity index (χ3v) is 6.92. The van der Waals surface area contributed by atoms with E-state index < -0.39 is 11.9 Å². The molecule has 6 rings (SSSR count). The molecule has 0 fully saturated rings. The Morgan fingerprint density at radius 2 is 1.65 bits per heavy atom. The van der Waals surface area contributed by atoms with E-state index in [2.05, 4.69) is 53.0 Å². The lowest BCUT2D eigenvalue weighted by Gasteiger charge is -2.14. The first-order valence-corrected chi connectivity index (χ1v) is 13.7. The molecule has 5 aromatic rings. The molecule has 214 valence electrons. The Morgan fingerprint density at radius 1 is 0.907 bits per heavy atom. The third-order valence-electron chi connectivity index (χ3n) is 6.92. The minimum absolute atomic E-state index is 0.0131. The van der Waals surface area contributed by atoms with Gasteiger partial charge in [-0.3, -0.25) is 10.1 Å². The second-order valence-electron chi connectivity index (χ2n) is 11.2. The standard InChI is InChI=1S/C33H29N7O3/c1-19-10-12-21(13-11-19)40-28(18-27(39-40)33(3,4)5)37-32(42)36-24-14-15-25(23-9-7-6-8-22(23)24)43-26-16-17-34-30-29(26)35-20(2)31(41)38-30/h6-18H,2H2,1,3-5H3,(H2,36,37,42). The molecule has 0 spiro atoms. The van der Waals surface area contributed by atoms with Gasteiger partial charge in [-0.15, -0.1) is 0 Å². The number of hydrogen-bond donors (Lipinski definition) is 2. The van der Waals surface area contributed by atoms with Crippen LogP contribution in [0.15, 0.2) is 101 Å². The van der Waals surface area contributed by atoms with Gasteiger partial charge in [-0.1, -0.05) is 69.3 Å². The molecule has 43 heavy (non-hydrogen) atoms. The number of carbonyl (C=O) groups excluding carboxylic acids is 2. The summed E-state index contributed by atoms with van der Waals surface area (Å²) in [5.41, 5.74) is 3.39. The lowest BCUT2D eigenvalue weighted by atomic mass is 9.92. The third kappa shape index (κ3) is 5.50. The van der Waals surface area contributed by atoms with Crippen LogP contribution >= 0.6 is 0 Å². The molecule has 0 bridgehead atoms. The van der Waals surface area contributed by atoms with E-state index in [4.69, 9.17) is 9.84 Å². The summed E-state index contributed by atoms with van der Waals surface area (Å²) in [5, 5.41) is 12.6. The Bertz CT molecular complexity index is 2060. The Kier molecular flexibility index (Phi) is 6.81. The molecule has 3 heterocycles. The van der Waals surface area contributed by atoms with Gasteiger partial charge in [-0.25, -0.2) is 19.5 Å². The summed E-state index contributed by atoms with van der Waals surface area (Å²) in [4.78, 5) is 37.6. The predicted molar refractivity (Wildman–Crippen MR) is 164 cm³/mol. The van der Waals surface area contributed by atoms with Gasteiger partial charge >= 0.3 is 6.03 Å². The maximum absolute atomic E-state index is 13.4. The molecule has 10 nitrogen and oxygen atoms in total. The highest BCUT2D eigenvalue weighted by molar-refractivity contribution is 6.07. The van der Waals surface area contributed by atoms with Gasteiger partial charge in [0.1, 0.15) is 17.3 Å². The van der Waals surface area contributed by atoms with Crippen molar-refractivity contribution in [2.75, 3.05) is 10.6 Å². The fraction of sp³-hybridized carbons (Fsp3) is 0.152. The van der Waals surface area contributed by atoms with Crippen LogP contribution in [0.3, 0.4) is 0 Å². The zero-order chi connectivity index (χ0) is 30.3. The molecule has 2 N–H and O–H groups in total. The Balaban J connectivity index is 1.31. The highest BCUT2D eigenvalue weighted by Gasteiger charge is 2.22. The van der Waals surface area contributed by atoms with E-state index in [9.17, 15) is 9.59 Å². The minimum Gasteiger partial charge on any atom is -0.454 e. The molecule has 0 atom stereocenters. The van der Waals surface area contributed by atoms with Gasteiger partial charge in [0.05, 0.1) is 17.1 Å². The van der Waals surface area contributed by atoms with Crippen molar-refractivity contribution in [3.63, 3.8) is 0 Å². The molecule has 0 saturated heterocycles. The Morgan fingerprint density at radius 3 is 2.40 bits per heavy atom.